The summed E-state index contributed by atoms with van der Waals surface area (Å²) >= 11 is 1.83. The van der Waals surface area contributed by atoms with Gasteiger partial charge < -0.3 is 4.90 Å². The van der Waals surface area contributed by atoms with Gasteiger partial charge in [-0.2, -0.15) is 0 Å². The highest BCUT2D eigenvalue weighted by Crippen LogP contribution is 2.51. The van der Waals surface area contributed by atoms with Gasteiger partial charge in [-0.25, -0.2) is 15.0 Å². The van der Waals surface area contributed by atoms with Crippen LogP contribution in [0.25, 0.3) is 98.1 Å². The van der Waals surface area contributed by atoms with E-state index >= 15 is 0 Å². The quantitative estimate of drug-likeness (QED) is 0.160. The fourth-order valence-electron chi connectivity index (χ4n) is 10.4. The zero-order valence-electron chi connectivity index (χ0n) is 37.0. The molecule has 316 valence electrons. The molecule has 0 atom stereocenters. The Labute approximate surface area is 393 Å². The van der Waals surface area contributed by atoms with E-state index in [-0.39, 0.29) is 5.41 Å². The number of fused-ring (bicyclic) bond motifs is 9. The normalized spacial score (nSPS) is 12.7. The van der Waals surface area contributed by atoms with Gasteiger partial charge in [-0.05, 0) is 104 Å². The van der Waals surface area contributed by atoms with E-state index in [4.69, 9.17) is 15.0 Å². The number of anilines is 3. The second-order valence-corrected chi connectivity index (χ2v) is 19.0. The van der Waals surface area contributed by atoms with Crippen molar-refractivity contribution in [1.29, 1.82) is 0 Å². The molecule has 67 heavy (non-hydrogen) atoms. The molecule has 0 saturated heterocycles. The summed E-state index contributed by atoms with van der Waals surface area (Å²) in [4.78, 5) is 18.2. The molecule has 0 bridgehead atoms. The van der Waals surface area contributed by atoms with E-state index in [1.54, 1.807) is 0 Å². The van der Waals surface area contributed by atoms with Gasteiger partial charge in [-0.1, -0.05) is 178 Å². The number of aromatic nitrogens is 3. The summed E-state index contributed by atoms with van der Waals surface area (Å²) in [5.74, 6) is 1.94. The Morgan fingerprint density at radius 2 is 0.985 bits per heavy atom. The van der Waals surface area contributed by atoms with Gasteiger partial charge in [-0.3, -0.25) is 0 Å². The molecule has 5 heteroatoms. The molecule has 0 spiro atoms. The lowest BCUT2D eigenvalue weighted by atomic mass is 9.82. The van der Waals surface area contributed by atoms with Crippen LogP contribution >= 0.6 is 11.3 Å². The molecule has 0 aliphatic heterocycles. The van der Waals surface area contributed by atoms with Crippen LogP contribution in [0.4, 0.5) is 17.1 Å². The lowest BCUT2D eigenvalue weighted by Gasteiger charge is -2.28. The van der Waals surface area contributed by atoms with Gasteiger partial charge in [0.25, 0.3) is 0 Å². The Hall–Kier alpha value is -8.25. The Morgan fingerprint density at radius 1 is 0.373 bits per heavy atom. The Kier molecular flexibility index (Phi) is 9.02. The summed E-state index contributed by atoms with van der Waals surface area (Å²) in [5.41, 5.74) is 13.8. The first-order chi connectivity index (χ1) is 33.0. The Balaban J connectivity index is 0.981. The van der Waals surface area contributed by atoms with Crippen LogP contribution in [0.15, 0.2) is 218 Å². The zero-order chi connectivity index (χ0) is 44.6. The van der Waals surface area contributed by atoms with Gasteiger partial charge >= 0.3 is 0 Å². The van der Waals surface area contributed by atoms with Crippen molar-refractivity contribution in [3.8, 4) is 56.4 Å². The number of rotatable bonds is 7. The van der Waals surface area contributed by atoms with Gasteiger partial charge in [0.2, 0.25) is 0 Å². The first-order valence-electron chi connectivity index (χ1n) is 22.8. The third-order valence-corrected chi connectivity index (χ3v) is 14.9. The average molecular weight is 875 g/mol. The van der Waals surface area contributed by atoms with Crippen molar-refractivity contribution in [2.45, 2.75) is 19.3 Å². The lowest BCUT2D eigenvalue weighted by Crippen LogP contribution is -2.16. The van der Waals surface area contributed by atoms with E-state index in [1.165, 1.54) is 47.8 Å². The number of hydrogen-bond acceptors (Lipinski definition) is 5. The molecule has 0 saturated carbocycles. The first-order valence-corrected chi connectivity index (χ1v) is 23.7. The first kappa shape index (κ1) is 39.1. The smallest absolute Gasteiger partial charge is 0.164 e. The summed E-state index contributed by atoms with van der Waals surface area (Å²) in [7, 11) is 0. The lowest BCUT2D eigenvalue weighted by molar-refractivity contribution is 0.660. The molecule has 1 aliphatic carbocycles. The zero-order valence-corrected chi connectivity index (χ0v) is 37.8. The molecule has 10 aromatic carbocycles. The van der Waals surface area contributed by atoms with Crippen molar-refractivity contribution >= 4 is 70.1 Å². The Bertz CT molecular complexity index is 3890. The molecule has 0 amide bonds. The number of hydrogen-bond donors (Lipinski definition) is 0. The summed E-state index contributed by atoms with van der Waals surface area (Å²) in [5, 5.41) is 7.04. The van der Waals surface area contributed by atoms with Gasteiger partial charge in [0.05, 0.1) is 0 Å². The third-order valence-electron chi connectivity index (χ3n) is 13.7. The van der Waals surface area contributed by atoms with E-state index in [2.05, 4.69) is 219 Å². The van der Waals surface area contributed by atoms with Crippen molar-refractivity contribution in [3.63, 3.8) is 0 Å². The minimum Gasteiger partial charge on any atom is -0.310 e. The van der Waals surface area contributed by atoms with E-state index < -0.39 is 0 Å². The molecule has 2 heterocycles. The van der Waals surface area contributed by atoms with Crippen molar-refractivity contribution < 1.29 is 0 Å². The van der Waals surface area contributed by atoms with Crippen LogP contribution in [0, 0.1) is 0 Å². The molecule has 0 N–H and O–H groups in total. The van der Waals surface area contributed by atoms with Gasteiger partial charge in [0, 0.05) is 64.7 Å². The van der Waals surface area contributed by atoms with Crippen LogP contribution in [0.2, 0.25) is 0 Å². The van der Waals surface area contributed by atoms with Crippen molar-refractivity contribution in [3.05, 3.63) is 230 Å². The molecule has 4 nitrogen and oxygen atoms in total. The van der Waals surface area contributed by atoms with Crippen LogP contribution < -0.4 is 4.90 Å². The van der Waals surface area contributed by atoms with Gasteiger partial charge in [-0.15, -0.1) is 11.3 Å². The van der Waals surface area contributed by atoms with Gasteiger partial charge in [0.1, 0.15) is 0 Å². The molecule has 13 rings (SSSR count). The maximum Gasteiger partial charge on any atom is 0.164 e. The monoisotopic (exact) mass is 874 g/mol. The van der Waals surface area contributed by atoms with E-state index in [0.717, 1.165) is 61.0 Å². The minimum absolute atomic E-state index is 0.108. The second-order valence-electron chi connectivity index (χ2n) is 18.0. The predicted molar refractivity (Wildman–Crippen MR) is 282 cm³/mol. The Morgan fingerprint density at radius 3 is 1.82 bits per heavy atom. The van der Waals surface area contributed by atoms with Crippen molar-refractivity contribution in [2.75, 3.05) is 4.90 Å². The molecule has 0 fully saturated rings. The van der Waals surface area contributed by atoms with Crippen LogP contribution in [0.3, 0.4) is 0 Å². The highest BCUT2D eigenvalue weighted by Gasteiger charge is 2.35. The van der Waals surface area contributed by atoms with Gasteiger partial charge in [0.15, 0.2) is 17.5 Å². The largest absolute Gasteiger partial charge is 0.310 e. The third kappa shape index (κ3) is 6.46. The minimum atomic E-state index is -0.108. The van der Waals surface area contributed by atoms with Crippen LogP contribution in [0.1, 0.15) is 25.0 Å². The second kappa shape index (κ2) is 15.4. The summed E-state index contributed by atoms with van der Waals surface area (Å²) in [6, 6.07) is 78.5. The van der Waals surface area contributed by atoms with Crippen LogP contribution in [0.5, 0.6) is 0 Å². The fourth-order valence-corrected chi connectivity index (χ4v) is 11.6. The highest BCUT2D eigenvalue weighted by atomic mass is 32.1. The van der Waals surface area contributed by atoms with E-state index in [9.17, 15) is 0 Å². The number of thiophene rings is 1. The van der Waals surface area contributed by atoms with E-state index in [1.807, 2.05) is 29.5 Å². The van der Waals surface area contributed by atoms with E-state index in [0.29, 0.717) is 17.5 Å². The fraction of sp³-hybridized carbons (Fsp3) is 0.0484. The molecular formula is C62H42N4S. The molecule has 0 radical (unpaired) electrons. The number of benzene rings is 10. The average Bonchev–Trinajstić information content (AvgIpc) is 3.89. The molecule has 1 aliphatic rings. The maximum absolute atomic E-state index is 5.36. The summed E-state index contributed by atoms with van der Waals surface area (Å²) in [6.07, 6.45) is 0. The van der Waals surface area contributed by atoms with Crippen molar-refractivity contribution in [1.82, 2.24) is 15.0 Å². The van der Waals surface area contributed by atoms with Crippen LogP contribution in [-0.4, -0.2) is 15.0 Å². The highest BCUT2D eigenvalue weighted by molar-refractivity contribution is 7.26. The topological polar surface area (TPSA) is 41.9 Å². The maximum atomic E-state index is 5.36. The SMILES string of the molecule is CC1(C)c2ccccc2-c2ccc(N(c3ccccc3)c3ccc(-c4cccc5c4cc(-c4nc(-c6ccccc6)nc(-c6ccc7ccccc7c6)n4)c4c6ccccc6sc54)cc3)cc21. The number of nitrogens with zero attached hydrogens (tertiary/aromatic N) is 4. The molecule has 12 aromatic rings. The van der Waals surface area contributed by atoms with Crippen molar-refractivity contribution in [2.24, 2.45) is 0 Å². The molecular weight excluding hydrogens is 833 g/mol. The summed E-state index contributed by atoms with van der Waals surface area (Å²) < 4.78 is 2.45. The predicted octanol–water partition coefficient (Wildman–Crippen LogP) is 17.0. The summed E-state index contributed by atoms with van der Waals surface area (Å²) in [6.45, 7) is 4.69. The number of para-hydroxylation sites is 1. The van der Waals surface area contributed by atoms with Crippen LogP contribution in [-0.2, 0) is 5.41 Å². The standard InChI is InChI=1S/C62H42N4S/c1-62(2)54-26-13-11-22-48(54)49-35-34-46(37-55(49)62)66(44-20-7-4-8-21-44)45-32-30-40(31-33-45)47-24-15-25-50-52(47)38-53(57-51-23-12-14-27-56(51)67-58(50)57)61-64-59(41-17-5-3-6-18-41)63-60(65-61)43-29-28-39-16-9-10-19-42(39)36-43/h3-38H,1-2H3. The molecule has 2 aromatic heterocycles. The molecule has 0 unspecified atom stereocenters.